The molecule has 1 aromatic rings. The lowest BCUT2D eigenvalue weighted by molar-refractivity contribution is 0.475. The van der Waals surface area contributed by atoms with Crippen molar-refractivity contribution in [2.75, 3.05) is 0 Å². The first-order chi connectivity index (χ1) is 6.07. The Balaban J connectivity index is 3.28. The van der Waals surface area contributed by atoms with Crippen LogP contribution in [0.5, 0.6) is 0 Å². The monoisotopic (exact) mass is 188 g/mol. The molecule has 0 saturated heterocycles. The van der Waals surface area contributed by atoms with E-state index in [2.05, 4.69) is 0 Å². The lowest BCUT2D eigenvalue weighted by Crippen LogP contribution is -2.01. The SMILES string of the molecule is CCCc1c(F)c(C)cc(F)c1F. The number of rotatable bonds is 2. The first-order valence-corrected chi connectivity index (χ1v) is 4.20. The van der Waals surface area contributed by atoms with Crippen LogP contribution >= 0.6 is 0 Å². The summed E-state index contributed by atoms with van der Waals surface area (Å²) in [6, 6.07) is 0.879. The van der Waals surface area contributed by atoms with Gasteiger partial charge in [0, 0.05) is 5.56 Å². The van der Waals surface area contributed by atoms with E-state index < -0.39 is 17.5 Å². The van der Waals surface area contributed by atoms with Gasteiger partial charge in [-0.1, -0.05) is 13.3 Å². The molecule has 0 bridgehead atoms. The van der Waals surface area contributed by atoms with Gasteiger partial charge in [-0.25, -0.2) is 13.2 Å². The Labute approximate surface area is 75.4 Å². The van der Waals surface area contributed by atoms with E-state index in [0.717, 1.165) is 6.07 Å². The molecule has 0 radical (unpaired) electrons. The molecule has 0 amide bonds. The van der Waals surface area contributed by atoms with Crippen LogP contribution in [0.4, 0.5) is 13.2 Å². The maximum Gasteiger partial charge on any atom is 0.164 e. The number of benzene rings is 1. The van der Waals surface area contributed by atoms with E-state index in [1.54, 1.807) is 6.92 Å². The van der Waals surface area contributed by atoms with Gasteiger partial charge in [0.1, 0.15) is 5.82 Å². The summed E-state index contributed by atoms with van der Waals surface area (Å²) in [6.07, 6.45) is 0.826. The number of aryl methyl sites for hydroxylation is 1. The van der Waals surface area contributed by atoms with Crippen molar-refractivity contribution < 1.29 is 13.2 Å². The van der Waals surface area contributed by atoms with E-state index in [-0.39, 0.29) is 17.5 Å². The van der Waals surface area contributed by atoms with Crippen LogP contribution in [0.3, 0.4) is 0 Å². The molecule has 0 aliphatic rings. The average molecular weight is 188 g/mol. The second-order valence-electron chi connectivity index (χ2n) is 3.03. The zero-order valence-electron chi connectivity index (χ0n) is 7.63. The summed E-state index contributed by atoms with van der Waals surface area (Å²) in [4.78, 5) is 0. The molecule has 0 heterocycles. The molecule has 3 heteroatoms. The third-order valence-corrected chi connectivity index (χ3v) is 1.93. The lowest BCUT2D eigenvalue weighted by Gasteiger charge is -2.06. The van der Waals surface area contributed by atoms with Crippen molar-refractivity contribution >= 4 is 0 Å². The fourth-order valence-corrected chi connectivity index (χ4v) is 1.26. The van der Waals surface area contributed by atoms with Gasteiger partial charge in [-0.3, -0.25) is 0 Å². The minimum Gasteiger partial charge on any atom is -0.206 e. The maximum atomic E-state index is 13.2. The Kier molecular flexibility index (Phi) is 2.96. The van der Waals surface area contributed by atoms with Crippen LogP contribution in [0.15, 0.2) is 6.07 Å². The van der Waals surface area contributed by atoms with Crippen molar-refractivity contribution in [1.82, 2.24) is 0 Å². The molecule has 0 nitrogen and oxygen atoms in total. The highest BCUT2D eigenvalue weighted by molar-refractivity contribution is 5.27. The Morgan fingerprint density at radius 1 is 1.15 bits per heavy atom. The maximum absolute atomic E-state index is 13.2. The van der Waals surface area contributed by atoms with Crippen molar-refractivity contribution in [3.05, 3.63) is 34.6 Å². The number of hydrogen-bond acceptors (Lipinski definition) is 0. The number of hydrogen-bond donors (Lipinski definition) is 0. The molecule has 0 atom stereocenters. The van der Waals surface area contributed by atoms with Gasteiger partial charge in [-0.15, -0.1) is 0 Å². The molecule has 1 aromatic carbocycles. The summed E-state index contributed by atoms with van der Waals surface area (Å²) in [6.45, 7) is 3.22. The molecule has 1 rings (SSSR count). The molecular formula is C10H11F3. The summed E-state index contributed by atoms with van der Waals surface area (Å²) in [7, 11) is 0. The van der Waals surface area contributed by atoms with Crippen LogP contribution in [0, 0.1) is 24.4 Å². The Morgan fingerprint density at radius 3 is 2.31 bits per heavy atom. The molecule has 0 spiro atoms. The van der Waals surface area contributed by atoms with Gasteiger partial charge < -0.3 is 0 Å². The predicted molar refractivity (Wildman–Crippen MR) is 45.0 cm³/mol. The summed E-state index contributed by atoms with van der Waals surface area (Å²) in [5.41, 5.74) is 0.0161. The van der Waals surface area contributed by atoms with E-state index >= 15 is 0 Å². The molecular weight excluding hydrogens is 177 g/mol. The van der Waals surface area contributed by atoms with Gasteiger partial charge in [-0.05, 0) is 25.0 Å². The Morgan fingerprint density at radius 2 is 1.77 bits per heavy atom. The summed E-state index contributed by atoms with van der Waals surface area (Å²) >= 11 is 0. The van der Waals surface area contributed by atoms with E-state index in [1.807, 2.05) is 0 Å². The van der Waals surface area contributed by atoms with E-state index in [0.29, 0.717) is 6.42 Å². The summed E-state index contributed by atoms with van der Waals surface area (Å²) in [5, 5.41) is 0. The highest BCUT2D eigenvalue weighted by Gasteiger charge is 2.15. The van der Waals surface area contributed by atoms with Gasteiger partial charge in [0.15, 0.2) is 11.6 Å². The normalized spacial score (nSPS) is 10.5. The Hall–Kier alpha value is -0.990. The standard InChI is InChI=1S/C10H11F3/c1-3-4-7-9(12)6(2)5-8(11)10(7)13/h5H,3-4H2,1-2H3. The summed E-state index contributed by atoms with van der Waals surface area (Å²) < 4.78 is 39.0. The molecule has 0 unspecified atom stereocenters. The molecule has 0 aliphatic heterocycles. The van der Waals surface area contributed by atoms with E-state index in [1.165, 1.54) is 6.92 Å². The molecule has 0 aromatic heterocycles. The fourth-order valence-electron chi connectivity index (χ4n) is 1.26. The minimum atomic E-state index is -1.05. The van der Waals surface area contributed by atoms with E-state index in [9.17, 15) is 13.2 Å². The molecule has 0 aliphatic carbocycles. The number of halogens is 3. The van der Waals surface area contributed by atoms with Crippen LogP contribution in [-0.4, -0.2) is 0 Å². The molecule has 0 fully saturated rings. The van der Waals surface area contributed by atoms with Crippen molar-refractivity contribution in [3.63, 3.8) is 0 Å². The zero-order valence-corrected chi connectivity index (χ0v) is 7.63. The van der Waals surface area contributed by atoms with Crippen molar-refractivity contribution in [2.45, 2.75) is 26.7 Å². The molecule has 0 saturated carbocycles. The minimum absolute atomic E-state index is 0.139. The van der Waals surface area contributed by atoms with Crippen LogP contribution < -0.4 is 0 Å². The third-order valence-electron chi connectivity index (χ3n) is 1.93. The second-order valence-corrected chi connectivity index (χ2v) is 3.03. The molecule has 0 N–H and O–H groups in total. The van der Waals surface area contributed by atoms with Crippen molar-refractivity contribution in [1.29, 1.82) is 0 Å². The average Bonchev–Trinajstić information content (AvgIpc) is 2.09. The molecule has 72 valence electrons. The van der Waals surface area contributed by atoms with Gasteiger partial charge in [0.25, 0.3) is 0 Å². The topological polar surface area (TPSA) is 0 Å². The fraction of sp³-hybridized carbons (Fsp3) is 0.400. The zero-order chi connectivity index (χ0) is 10.0. The van der Waals surface area contributed by atoms with Crippen LogP contribution in [0.25, 0.3) is 0 Å². The lowest BCUT2D eigenvalue weighted by atomic mass is 10.1. The highest BCUT2D eigenvalue weighted by atomic mass is 19.2. The van der Waals surface area contributed by atoms with E-state index in [4.69, 9.17) is 0 Å². The quantitative estimate of drug-likeness (QED) is 0.624. The van der Waals surface area contributed by atoms with Crippen LogP contribution in [0.2, 0.25) is 0 Å². The largest absolute Gasteiger partial charge is 0.206 e. The van der Waals surface area contributed by atoms with Gasteiger partial charge >= 0.3 is 0 Å². The first-order valence-electron chi connectivity index (χ1n) is 4.20. The smallest absolute Gasteiger partial charge is 0.164 e. The Bertz CT molecular complexity index is 292. The highest BCUT2D eigenvalue weighted by Crippen LogP contribution is 2.20. The predicted octanol–water partition coefficient (Wildman–Crippen LogP) is 3.36. The second kappa shape index (κ2) is 3.81. The first kappa shape index (κ1) is 10.1. The van der Waals surface area contributed by atoms with Crippen LogP contribution in [-0.2, 0) is 6.42 Å². The van der Waals surface area contributed by atoms with Crippen LogP contribution in [0.1, 0.15) is 24.5 Å². The van der Waals surface area contributed by atoms with Gasteiger partial charge in [-0.2, -0.15) is 0 Å². The van der Waals surface area contributed by atoms with Gasteiger partial charge in [0.05, 0.1) is 0 Å². The molecule has 13 heavy (non-hydrogen) atoms. The third kappa shape index (κ3) is 1.85. The van der Waals surface area contributed by atoms with Crippen molar-refractivity contribution in [3.8, 4) is 0 Å². The van der Waals surface area contributed by atoms with Gasteiger partial charge in [0.2, 0.25) is 0 Å². The van der Waals surface area contributed by atoms with Crippen molar-refractivity contribution in [2.24, 2.45) is 0 Å². The summed E-state index contributed by atoms with van der Waals surface area (Å²) in [5.74, 6) is -2.65.